The number of halogens is 4. The summed E-state index contributed by atoms with van der Waals surface area (Å²) in [5.74, 6) is 1.56. The Labute approximate surface area is 172 Å². The van der Waals surface area contributed by atoms with Gasteiger partial charge < -0.3 is 9.79 Å². The summed E-state index contributed by atoms with van der Waals surface area (Å²) in [4.78, 5) is 17.7. The first kappa shape index (κ1) is 22.1. The Morgan fingerprint density at radius 2 is 1.65 bits per heavy atom. The monoisotopic (exact) mass is 528 g/mol. The molecule has 0 atom stereocenters. The van der Waals surface area contributed by atoms with Crippen molar-refractivity contribution < 1.29 is 23.1 Å². The van der Waals surface area contributed by atoms with E-state index in [0.29, 0.717) is 5.75 Å². The smallest absolute Gasteiger partial charge is 0.320 e. The van der Waals surface area contributed by atoms with Gasteiger partial charge in [0.2, 0.25) is 0 Å². The second-order valence-electron chi connectivity index (χ2n) is 5.68. The molecule has 0 bridgehead atoms. The predicted molar refractivity (Wildman–Crippen MR) is 109 cm³/mol. The van der Waals surface area contributed by atoms with E-state index in [-0.39, 0.29) is 4.47 Å². The van der Waals surface area contributed by atoms with Crippen LogP contribution < -0.4 is 0 Å². The lowest BCUT2D eigenvalue weighted by Gasteiger charge is -2.19. The molecule has 0 saturated heterocycles. The molecule has 0 fully saturated rings. The standard InChI is InChI=1S/C17H17Br2F2O3PS/c18-14-6-3-12(4-7-14)2-1-9-26-11-13-5-8-15(16(19)10-13)17(20,21)25(22,23)24/h3-8,10H,1-2,9,11H2,(H2,22,23,24). The highest BCUT2D eigenvalue weighted by atomic mass is 79.9. The molecule has 0 spiro atoms. The van der Waals surface area contributed by atoms with Crippen LogP contribution in [0.3, 0.4) is 0 Å². The summed E-state index contributed by atoms with van der Waals surface area (Å²) in [6, 6.07) is 12.2. The van der Waals surface area contributed by atoms with Crippen LogP contribution in [0.15, 0.2) is 51.4 Å². The van der Waals surface area contributed by atoms with Gasteiger partial charge in [0, 0.05) is 20.3 Å². The van der Waals surface area contributed by atoms with E-state index in [1.807, 2.05) is 12.1 Å². The van der Waals surface area contributed by atoms with Gasteiger partial charge in [-0.2, -0.15) is 20.5 Å². The number of hydrogen-bond acceptors (Lipinski definition) is 2. The van der Waals surface area contributed by atoms with Gasteiger partial charge in [0.15, 0.2) is 0 Å². The molecule has 9 heteroatoms. The zero-order valence-corrected chi connectivity index (χ0v) is 18.4. The molecule has 0 aliphatic carbocycles. The number of alkyl halides is 2. The van der Waals surface area contributed by atoms with Crippen LogP contribution in [0, 0.1) is 0 Å². The van der Waals surface area contributed by atoms with E-state index >= 15 is 0 Å². The highest BCUT2D eigenvalue weighted by Gasteiger charge is 2.51. The Hall–Kier alpha value is -0.240. The van der Waals surface area contributed by atoms with Crippen LogP contribution in [0.5, 0.6) is 0 Å². The summed E-state index contributed by atoms with van der Waals surface area (Å²) in [5.41, 5.74) is -2.83. The van der Waals surface area contributed by atoms with Crippen LogP contribution in [0.4, 0.5) is 8.78 Å². The van der Waals surface area contributed by atoms with E-state index in [1.165, 1.54) is 17.7 Å². The lowest BCUT2D eigenvalue weighted by Crippen LogP contribution is -2.14. The Morgan fingerprint density at radius 3 is 2.23 bits per heavy atom. The van der Waals surface area contributed by atoms with Gasteiger partial charge in [0.05, 0.1) is 0 Å². The van der Waals surface area contributed by atoms with Crippen molar-refractivity contribution in [3.8, 4) is 0 Å². The van der Waals surface area contributed by atoms with Gasteiger partial charge in [-0.05, 0) is 47.9 Å². The number of hydrogen-bond donors (Lipinski definition) is 2. The van der Waals surface area contributed by atoms with Crippen LogP contribution >= 0.6 is 51.2 Å². The molecule has 2 N–H and O–H groups in total. The highest BCUT2D eigenvalue weighted by molar-refractivity contribution is 9.10. The highest BCUT2D eigenvalue weighted by Crippen LogP contribution is 2.60. The first-order valence-electron chi connectivity index (χ1n) is 7.66. The number of aryl methyl sites for hydroxylation is 1. The molecule has 3 nitrogen and oxygen atoms in total. The van der Waals surface area contributed by atoms with E-state index < -0.39 is 18.8 Å². The fourth-order valence-electron chi connectivity index (χ4n) is 2.27. The van der Waals surface area contributed by atoms with Gasteiger partial charge in [-0.15, -0.1) is 0 Å². The second-order valence-corrected chi connectivity index (χ2v) is 10.2. The lowest BCUT2D eigenvalue weighted by molar-refractivity contribution is 0.0557. The Morgan fingerprint density at radius 1 is 1.04 bits per heavy atom. The third-order valence-corrected chi connectivity index (χ3v) is 6.93. The Bertz CT molecular complexity index is 797. The van der Waals surface area contributed by atoms with Gasteiger partial charge in [-0.3, -0.25) is 4.57 Å². The van der Waals surface area contributed by atoms with Gasteiger partial charge in [0.25, 0.3) is 0 Å². The molecule has 0 radical (unpaired) electrons. The fourth-order valence-corrected chi connectivity index (χ4v) is 4.78. The quantitative estimate of drug-likeness (QED) is 0.311. The maximum Gasteiger partial charge on any atom is 0.399 e. The summed E-state index contributed by atoms with van der Waals surface area (Å²) >= 11 is 8.08. The molecule has 0 aliphatic rings. The Kier molecular flexibility index (Phi) is 7.89. The van der Waals surface area contributed by atoms with Gasteiger partial charge in [0.1, 0.15) is 0 Å². The van der Waals surface area contributed by atoms with E-state index in [0.717, 1.165) is 34.7 Å². The molecular formula is C17H17Br2F2O3PS. The zero-order chi connectivity index (χ0) is 19.4. The maximum atomic E-state index is 13.8. The third kappa shape index (κ3) is 5.88. The van der Waals surface area contributed by atoms with Gasteiger partial charge in [-0.25, -0.2) is 0 Å². The van der Waals surface area contributed by atoms with Crippen LogP contribution in [-0.4, -0.2) is 15.5 Å². The molecule has 2 aromatic rings. The normalized spacial score (nSPS) is 12.4. The first-order chi connectivity index (χ1) is 12.1. The minimum Gasteiger partial charge on any atom is -0.320 e. The molecule has 0 heterocycles. The van der Waals surface area contributed by atoms with Crippen molar-refractivity contribution in [3.63, 3.8) is 0 Å². The van der Waals surface area contributed by atoms with Crippen LogP contribution in [0.25, 0.3) is 0 Å². The molecular weight excluding hydrogens is 513 g/mol. The van der Waals surface area contributed by atoms with Crippen molar-refractivity contribution in [2.45, 2.75) is 24.3 Å². The summed E-state index contributed by atoms with van der Waals surface area (Å²) < 4.78 is 39.6. The van der Waals surface area contributed by atoms with E-state index in [9.17, 15) is 13.3 Å². The summed E-state index contributed by atoms with van der Waals surface area (Å²) in [5, 5.41) is 0. The lowest BCUT2D eigenvalue weighted by atomic mass is 10.1. The van der Waals surface area contributed by atoms with Crippen molar-refractivity contribution in [1.82, 2.24) is 0 Å². The second kappa shape index (κ2) is 9.30. The van der Waals surface area contributed by atoms with E-state index in [4.69, 9.17) is 9.79 Å². The molecule has 26 heavy (non-hydrogen) atoms. The molecule has 2 rings (SSSR count). The molecule has 0 saturated carbocycles. The van der Waals surface area contributed by atoms with Crippen molar-refractivity contribution in [2.24, 2.45) is 0 Å². The maximum absolute atomic E-state index is 13.8. The molecule has 0 amide bonds. The fraction of sp³-hybridized carbons (Fsp3) is 0.294. The molecule has 2 aromatic carbocycles. The van der Waals surface area contributed by atoms with Crippen molar-refractivity contribution in [3.05, 3.63) is 68.1 Å². The van der Waals surface area contributed by atoms with Crippen molar-refractivity contribution >= 4 is 51.2 Å². The van der Waals surface area contributed by atoms with Gasteiger partial charge in [-0.1, -0.05) is 56.1 Å². The van der Waals surface area contributed by atoms with E-state index in [2.05, 4.69) is 44.0 Å². The minimum atomic E-state index is -5.57. The van der Waals surface area contributed by atoms with Crippen LogP contribution in [0.1, 0.15) is 23.1 Å². The largest absolute Gasteiger partial charge is 0.399 e. The number of thioether (sulfide) groups is 1. The summed E-state index contributed by atoms with van der Waals surface area (Å²) in [7, 11) is -5.57. The number of benzene rings is 2. The van der Waals surface area contributed by atoms with Crippen LogP contribution in [-0.2, 0) is 22.4 Å². The van der Waals surface area contributed by atoms with Crippen molar-refractivity contribution in [1.29, 1.82) is 0 Å². The third-order valence-electron chi connectivity index (χ3n) is 3.66. The molecule has 0 aromatic heterocycles. The predicted octanol–water partition coefficient (Wildman–Crippen LogP) is 6.30. The van der Waals surface area contributed by atoms with E-state index in [1.54, 1.807) is 11.8 Å². The average Bonchev–Trinajstić information content (AvgIpc) is 2.55. The molecule has 0 aliphatic heterocycles. The first-order valence-corrected chi connectivity index (χ1v) is 12.0. The SMILES string of the molecule is O=P(O)(O)C(F)(F)c1ccc(CSCCCc2ccc(Br)cc2)cc1Br. The zero-order valence-electron chi connectivity index (χ0n) is 13.5. The van der Waals surface area contributed by atoms with Gasteiger partial charge >= 0.3 is 13.3 Å². The van der Waals surface area contributed by atoms with Crippen LogP contribution in [0.2, 0.25) is 0 Å². The minimum absolute atomic E-state index is 0.00112. The summed E-state index contributed by atoms with van der Waals surface area (Å²) in [6.45, 7) is 0. The Balaban J connectivity index is 1.86. The molecule has 0 unspecified atom stereocenters. The topological polar surface area (TPSA) is 57.5 Å². The average molecular weight is 530 g/mol. The molecule has 142 valence electrons. The summed E-state index contributed by atoms with van der Waals surface area (Å²) in [6.07, 6.45) is 1.97. The number of rotatable bonds is 8. The van der Waals surface area contributed by atoms with Crippen molar-refractivity contribution in [2.75, 3.05) is 5.75 Å².